The Labute approximate surface area is 118 Å². The summed E-state index contributed by atoms with van der Waals surface area (Å²) < 4.78 is 44.3. The summed E-state index contributed by atoms with van der Waals surface area (Å²) in [5.74, 6) is -0.933. The van der Waals surface area contributed by atoms with Gasteiger partial charge in [-0.05, 0) is 13.0 Å². The van der Waals surface area contributed by atoms with E-state index in [1.54, 1.807) is 13.0 Å². The minimum absolute atomic E-state index is 0.165. The predicted octanol–water partition coefficient (Wildman–Crippen LogP) is 1.51. The van der Waals surface area contributed by atoms with Crippen molar-refractivity contribution in [3.8, 4) is 0 Å². The van der Waals surface area contributed by atoms with Crippen molar-refractivity contribution in [1.82, 2.24) is 9.88 Å². The Morgan fingerprint density at radius 3 is 2.67 bits per heavy atom. The highest BCUT2D eigenvalue weighted by atomic mass is 32.2. The first-order valence-corrected chi connectivity index (χ1v) is 7.14. The molecule has 0 unspecified atom stereocenters. The van der Waals surface area contributed by atoms with Gasteiger partial charge in [0.15, 0.2) is 5.76 Å². The number of nitrogens with one attached hydrogen (secondary N) is 1. The van der Waals surface area contributed by atoms with Gasteiger partial charge in [0.25, 0.3) is 0 Å². The molecule has 0 radical (unpaired) electrons. The van der Waals surface area contributed by atoms with E-state index in [4.69, 9.17) is 4.52 Å². The quantitative estimate of drug-likeness (QED) is 0.660. The Morgan fingerprint density at radius 2 is 2.14 bits per heavy atom. The highest BCUT2D eigenvalue weighted by Crippen LogP contribution is 2.20. The van der Waals surface area contributed by atoms with Gasteiger partial charge in [-0.2, -0.15) is 4.39 Å². The fourth-order valence-electron chi connectivity index (χ4n) is 1.55. The first kappa shape index (κ1) is 15.1. The number of benzene rings is 1. The van der Waals surface area contributed by atoms with Crippen LogP contribution in [0.15, 0.2) is 33.7 Å². The van der Waals surface area contributed by atoms with Crippen LogP contribution in [-0.2, 0) is 16.6 Å². The molecule has 2 aromatic rings. The monoisotopic (exact) mass is 315 g/mol. The van der Waals surface area contributed by atoms with Crippen molar-refractivity contribution >= 4 is 15.7 Å². The molecule has 0 fully saturated rings. The lowest BCUT2D eigenvalue weighted by Crippen LogP contribution is -2.23. The van der Waals surface area contributed by atoms with E-state index in [2.05, 4.69) is 9.88 Å². The van der Waals surface area contributed by atoms with Crippen LogP contribution in [0.5, 0.6) is 0 Å². The average Bonchev–Trinajstić information content (AvgIpc) is 2.82. The van der Waals surface area contributed by atoms with E-state index in [0.29, 0.717) is 17.5 Å². The van der Waals surface area contributed by atoms with Gasteiger partial charge in [-0.1, -0.05) is 5.16 Å². The molecule has 0 aliphatic rings. The normalized spacial score (nSPS) is 11.5. The minimum atomic E-state index is -4.01. The molecule has 21 heavy (non-hydrogen) atoms. The summed E-state index contributed by atoms with van der Waals surface area (Å²) in [7, 11) is -4.01. The molecule has 1 N–H and O–H groups in total. The largest absolute Gasteiger partial charge is 0.360 e. The summed E-state index contributed by atoms with van der Waals surface area (Å²) in [6.45, 7) is 1.51. The van der Waals surface area contributed by atoms with Crippen molar-refractivity contribution < 1.29 is 22.3 Å². The van der Waals surface area contributed by atoms with Crippen LogP contribution in [0, 0.1) is 22.9 Å². The maximum atomic E-state index is 13.4. The van der Waals surface area contributed by atoms with Crippen molar-refractivity contribution in [2.75, 3.05) is 0 Å². The van der Waals surface area contributed by atoms with Gasteiger partial charge in [-0.25, -0.2) is 13.1 Å². The molecule has 1 aromatic heterocycles. The zero-order valence-electron chi connectivity index (χ0n) is 10.7. The molecule has 1 aromatic carbocycles. The molecule has 1 heterocycles. The first-order chi connectivity index (χ1) is 9.79. The Balaban J connectivity index is 2.19. The summed E-state index contributed by atoms with van der Waals surface area (Å²) in [6.07, 6.45) is 0. The molecule has 10 heteroatoms. The zero-order valence-corrected chi connectivity index (χ0v) is 11.6. The third-order valence-corrected chi connectivity index (χ3v) is 3.94. The van der Waals surface area contributed by atoms with Crippen LogP contribution in [0.4, 0.5) is 10.1 Å². The van der Waals surface area contributed by atoms with Crippen molar-refractivity contribution in [2.45, 2.75) is 18.4 Å². The highest BCUT2D eigenvalue weighted by Gasteiger charge is 2.20. The highest BCUT2D eigenvalue weighted by molar-refractivity contribution is 7.89. The van der Waals surface area contributed by atoms with Crippen LogP contribution < -0.4 is 4.72 Å². The van der Waals surface area contributed by atoms with Crippen LogP contribution in [0.1, 0.15) is 11.5 Å². The molecule has 0 amide bonds. The number of aromatic nitrogens is 1. The SMILES string of the molecule is Cc1cc(CNS(=O)(=O)c2ccc([N+](=O)[O-])c(F)c2)on1. The van der Waals surface area contributed by atoms with Crippen molar-refractivity contribution in [2.24, 2.45) is 0 Å². The van der Waals surface area contributed by atoms with Crippen molar-refractivity contribution in [3.05, 3.63) is 51.7 Å². The first-order valence-electron chi connectivity index (χ1n) is 5.65. The summed E-state index contributed by atoms with van der Waals surface area (Å²) in [5, 5.41) is 14.1. The van der Waals surface area contributed by atoms with Gasteiger partial charge in [0, 0.05) is 18.2 Å². The number of nitro groups is 1. The number of hydrogen-bond acceptors (Lipinski definition) is 6. The molecular weight excluding hydrogens is 305 g/mol. The number of halogens is 1. The second kappa shape index (κ2) is 5.58. The fourth-order valence-corrected chi connectivity index (χ4v) is 2.56. The molecular formula is C11H10FN3O5S. The van der Waals surface area contributed by atoms with Crippen LogP contribution in [-0.4, -0.2) is 18.5 Å². The van der Waals surface area contributed by atoms with E-state index in [0.717, 1.165) is 12.1 Å². The number of hydrogen-bond donors (Lipinski definition) is 1. The van der Waals surface area contributed by atoms with Crippen LogP contribution in [0.2, 0.25) is 0 Å². The second-order valence-electron chi connectivity index (χ2n) is 4.13. The van der Waals surface area contributed by atoms with Gasteiger partial charge < -0.3 is 4.52 Å². The van der Waals surface area contributed by atoms with E-state index in [9.17, 15) is 22.9 Å². The molecule has 8 nitrogen and oxygen atoms in total. The molecule has 2 rings (SSSR count). The Hall–Kier alpha value is -2.33. The zero-order chi connectivity index (χ0) is 15.6. The fraction of sp³-hybridized carbons (Fsp3) is 0.182. The molecule has 112 valence electrons. The number of sulfonamides is 1. The molecule has 0 aliphatic heterocycles. The maximum Gasteiger partial charge on any atom is 0.304 e. The number of nitrogens with zero attached hydrogens (tertiary/aromatic N) is 2. The standard InChI is InChI=1S/C11H10FN3O5S/c1-7-4-8(20-14-7)6-13-21(18,19)9-2-3-11(15(16)17)10(12)5-9/h2-5,13H,6H2,1H3. The predicted molar refractivity (Wildman–Crippen MR) is 68.3 cm³/mol. The molecule has 0 saturated heterocycles. The summed E-state index contributed by atoms with van der Waals surface area (Å²) in [4.78, 5) is 9.13. The topological polar surface area (TPSA) is 115 Å². The molecule has 0 saturated carbocycles. The number of rotatable bonds is 5. The van der Waals surface area contributed by atoms with E-state index in [-0.39, 0.29) is 6.54 Å². The van der Waals surface area contributed by atoms with Gasteiger partial charge in [0.1, 0.15) is 0 Å². The lowest BCUT2D eigenvalue weighted by molar-refractivity contribution is -0.387. The van der Waals surface area contributed by atoms with E-state index in [1.807, 2.05) is 0 Å². The lowest BCUT2D eigenvalue weighted by Gasteiger charge is -2.05. The minimum Gasteiger partial charge on any atom is -0.360 e. The number of nitro benzene ring substituents is 1. The summed E-state index contributed by atoms with van der Waals surface area (Å²) in [6, 6.07) is 3.88. The average molecular weight is 315 g/mol. The van der Waals surface area contributed by atoms with Crippen LogP contribution in [0.3, 0.4) is 0 Å². The van der Waals surface area contributed by atoms with Gasteiger partial charge in [0.2, 0.25) is 15.8 Å². The smallest absolute Gasteiger partial charge is 0.304 e. The van der Waals surface area contributed by atoms with E-state index >= 15 is 0 Å². The number of aryl methyl sites for hydroxylation is 1. The second-order valence-corrected chi connectivity index (χ2v) is 5.90. The third-order valence-electron chi connectivity index (χ3n) is 2.54. The Bertz CT molecular complexity index is 787. The summed E-state index contributed by atoms with van der Waals surface area (Å²) >= 11 is 0. The van der Waals surface area contributed by atoms with E-state index < -0.39 is 31.3 Å². The Kier molecular flexibility index (Phi) is 4.00. The molecule has 0 atom stereocenters. The Morgan fingerprint density at radius 1 is 1.43 bits per heavy atom. The van der Waals surface area contributed by atoms with Crippen LogP contribution in [0.25, 0.3) is 0 Å². The summed E-state index contributed by atoms with van der Waals surface area (Å²) in [5.41, 5.74) is -0.203. The molecule has 0 aliphatic carbocycles. The third kappa shape index (κ3) is 3.41. The van der Waals surface area contributed by atoms with Gasteiger partial charge in [0.05, 0.1) is 22.1 Å². The van der Waals surface area contributed by atoms with E-state index in [1.165, 1.54) is 0 Å². The lowest BCUT2D eigenvalue weighted by atomic mass is 10.3. The van der Waals surface area contributed by atoms with Crippen molar-refractivity contribution in [1.29, 1.82) is 0 Å². The van der Waals surface area contributed by atoms with Crippen LogP contribution >= 0.6 is 0 Å². The molecule has 0 bridgehead atoms. The molecule has 0 spiro atoms. The van der Waals surface area contributed by atoms with Gasteiger partial charge in [-0.3, -0.25) is 10.1 Å². The van der Waals surface area contributed by atoms with Crippen molar-refractivity contribution in [3.63, 3.8) is 0 Å². The van der Waals surface area contributed by atoms with Gasteiger partial charge >= 0.3 is 5.69 Å². The van der Waals surface area contributed by atoms with Gasteiger partial charge in [-0.15, -0.1) is 0 Å². The maximum absolute atomic E-state index is 13.4.